The molecular formula is C18H34O6. The van der Waals surface area contributed by atoms with Crippen LogP contribution in [0.25, 0.3) is 0 Å². The summed E-state index contributed by atoms with van der Waals surface area (Å²) in [5.41, 5.74) is 0. The molecule has 0 fully saturated rings. The molecule has 0 saturated carbocycles. The van der Waals surface area contributed by atoms with Gasteiger partial charge in [0.25, 0.3) is 0 Å². The van der Waals surface area contributed by atoms with Gasteiger partial charge in [-0.3, -0.25) is 9.78 Å². The molecule has 0 aromatic rings. The van der Waals surface area contributed by atoms with Crippen molar-refractivity contribution in [3.63, 3.8) is 0 Å². The van der Waals surface area contributed by atoms with E-state index >= 15 is 0 Å². The molecule has 0 aromatic carbocycles. The highest BCUT2D eigenvalue weighted by atomic mass is 17.2. The third kappa shape index (κ3) is 10.6. The van der Waals surface area contributed by atoms with Gasteiger partial charge in [-0.15, -0.1) is 0 Å². The third-order valence-corrected chi connectivity index (χ3v) is 4.00. The molecule has 0 aliphatic heterocycles. The Morgan fingerprint density at radius 1 is 0.708 bits per heavy atom. The Bertz CT molecular complexity index is 299. The molecule has 2 unspecified atom stereocenters. The van der Waals surface area contributed by atoms with Crippen molar-refractivity contribution in [3.05, 3.63) is 0 Å². The van der Waals surface area contributed by atoms with E-state index in [2.05, 4.69) is 13.8 Å². The highest BCUT2D eigenvalue weighted by Gasteiger charge is 2.19. The van der Waals surface area contributed by atoms with Crippen LogP contribution in [-0.2, 0) is 29.1 Å². The van der Waals surface area contributed by atoms with Gasteiger partial charge in [0.05, 0.1) is 11.8 Å². The lowest BCUT2D eigenvalue weighted by Crippen LogP contribution is -2.20. The zero-order valence-electron chi connectivity index (χ0n) is 15.7. The van der Waals surface area contributed by atoms with Crippen LogP contribution in [-0.4, -0.2) is 25.2 Å². The summed E-state index contributed by atoms with van der Waals surface area (Å²) in [6.07, 6.45) is 7.13. The van der Waals surface area contributed by atoms with Gasteiger partial charge < -0.3 is 0 Å². The SMILES string of the molecule is CCCCC(CC)C(=O)OOCCOOC(=O)C(CC)CCCC. The average molecular weight is 346 g/mol. The van der Waals surface area contributed by atoms with Crippen molar-refractivity contribution in [2.45, 2.75) is 79.1 Å². The molecule has 6 heteroatoms. The second-order valence-electron chi connectivity index (χ2n) is 5.94. The van der Waals surface area contributed by atoms with E-state index in [9.17, 15) is 9.59 Å². The Labute approximate surface area is 146 Å². The first-order valence-electron chi connectivity index (χ1n) is 9.27. The second kappa shape index (κ2) is 15.4. The maximum atomic E-state index is 11.8. The van der Waals surface area contributed by atoms with Crippen molar-refractivity contribution in [2.75, 3.05) is 13.2 Å². The Kier molecular flexibility index (Phi) is 14.7. The molecule has 24 heavy (non-hydrogen) atoms. The van der Waals surface area contributed by atoms with Gasteiger partial charge in [0.2, 0.25) is 0 Å². The van der Waals surface area contributed by atoms with Gasteiger partial charge >= 0.3 is 11.9 Å². The standard InChI is InChI=1S/C18H34O6/c1-5-9-11-15(7-3)17(19)23-21-13-14-22-24-18(20)16(8-4)12-10-6-2/h15-16H,5-14H2,1-4H3. The van der Waals surface area contributed by atoms with Crippen molar-refractivity contribution in [1.29, 1.82) is 0 Å². The summed E-state index contributed by atoms with van der Waals surface area (Å²) in [6, 6.07) is 0. The van der Waals surface area contributed by atoms with E-state index in [-0.39, 0.29) is 37.0 Å². The van der Waals surface area contributed by atoms with Gasteiger partial charge in [0, 0.05) is 0 Å². The van der Waals surface area contributed by atoms with E-state index in [1.54, 1.807) is 0 Å². The van der Waals surface area contributed by atoms with E-state index in [4.69, 9.17) is 19.6 Å². The fourth-order valence-corrected chi connectivity index (χ4v) is 2.28. The van der Waals surface area contributed by atoms with Crippen molar-refractivity contribution >= 4 is 11.9 Å². The minimum absolute atomic E-state index is 0.0228. The summed E-state index contributed by atoms with van der Waals surface area (Å²) in [6.45, 7) is 8.11. The monoisotopic (exact) mass is 346 g/mol. The normalized spacial score (nSPS) is 13.3. The molecule has 0 aliphatic carbocycles. The maximum absolute atomic E-state index is 11.8. The predicted octanol–water partition coefficient (Wildman–Crippen LogP) is 4.37. The molecule has 0 amide bonds. The van der Waals surface area contributed by atoms with Crippen LogP contribution in [0.3, 0.4) is 0 Å². The summed E-state index contributed by atoms with van der Waals surface area (Å²) in [5, 5.41) is 0. The molecule has 0 saturated heterocycles. The van der Waals surface area contributed by atoms with Gasteiger partial charge in [-0.25, -0.2) is 9.59 Å². The molecule has 0 aliphatic rings. The lowest BCUT2D eigenvalue weighted by atomic mass is 10.00. The zero-order valence-corrected chi connectivity index (χ0v) is 15.7. The van der Waals surface area contributed by atoms with Crippen molar-refractivity contribution in [1.82, 2.24) is 0 Å². The molecule has 0 spiro atoms. The lowest BCUT2D eigenvalue weighted by molar-refractivity contribution is -0.315. The van der Waals surface area contributed by atoms with E-state index in [1.165, 1.54) is 0 Å². The quantitative estimate of drug-likeness (QED) is 0.249. The first-order chi connectivity index (χ1) is 11.6. The van der Waals surface area contributed by atoms with Crippen molar-refractivity contribution in [3.8, 4) is 0 Å². The van der Waals surface area contributed by atoms with Gasteiger partial charge in [0.15, 0.2) is 0 Å². The van der Waals surface area contributed by atoms with Crippen molar-refractivity contribution in [2.24, 2.45) is 11.8 Å². The molecule has 142 valence electrons. The van der Waals surface area contributed by atoms with Crippen LogP contribution in [0.4, 0.5) is 0 Å². The smallest absolute Gasteiger partial charge is 0.298 e. The largest absolute Gasteiger partial charge is 0.345 e. The summed E-state index contributed by atoms with van der Waals surface area (Å²) in [4.78, 5) is 42.7. The van der Waals surface area contributed by atoms with Crippen LogP contribution >= 0.6 is 0 Å². The minimum atomic E-state index is -0.353. The second-order valence-corrected chi connectivity index (χ2v) is 5.94. The van der Waals surface area contributed by atoms with E-state index in [0.717, 1.165) is 51.4 Å². The molecular weight excluding hydrogens is 312 g/mol. The summed E-state index contributed by atoms with van der Waals surface area (Å²) in [5.74, 6) is -0.970. The number of hydrogen-bond donors (Lipinski definition) is 0. The molecule has 6 nitrogen and oxygen atoms in total. The number of carbonyl (C=O) groups is 2. The molecule has 0 aromatic heterocycles. The van der Waals surface area contributed by atoms with Crippen LogP contribution in [0.15, 0.2) is 0 Å². The maximum Gasteiger partial charge on any atom is 0.345 e. The molecule has 0 radical (unpaired) electrons. The number of hydrogen-bond acceptors (Lipinski definition) is 6. The molecule has 0 rings (SSSR count). The molecule has 0 bridgehead atoms. The van der Waals surface area contributed by atoms with Crippen molar-refractivity contribution < 1.29 is 29.1 Å². The first-order valence-corrected chi connectivity index (χ1v) is 9.27. The summed E-state index contributed by atoms with van der Waals surface area (Å²) >= 11 is 0. The minimum Gasteiger partial charge on any atom is -0.298 e. The van der Waals surface area contributed by atoms with E-state index in [0.29, 0.717) is 0 Å². The van der Waals surface area contributed by atoms with E-state index in [1.807, 2.05) is 13.8 Å². The highest BCUT2D eigenvalue weighted by Crippen LogP contribution is 2.15. The topological polar surface area (TPSA) is 71.1 Å². The van der Waals surface area contributed by atoms with Crippen LogP contribution in [0.1, 0.15) is 79.1 Å². The number of carbonyl (C=O) groups excluding carboxylic acids is 2. The Morgan fingerprint density at radius 2 is 1.08 bits per heavy atom. The number of rotatable bonds is 15. The van der Waals surface area contributed by atoms with Crippen LogP contribution in [0, 0.1) is 11.8 Å². The fraction of sp³-hybridized carbons (Fsp3) is 0.889. The van der Waals surface area contributed by atoms with E-state index < -0.39 is 0 Å². The predicted molar refractivity (Wildman–Crippen MR) is 90.7 cm³/mol. The van der Waals surface area contributed by atoms with Crippen LogP contribution in [0.5, 0.6) is 0 Å². The highest BCUT2D eigenvalue weighted by molar-refractivity contribution is 5.72. The van der Waals surface area contributed by atoms with Crippen LogP contribution in [0.2, 0.25) is 0 Å². The fourth-order valence-electron chi connectivity index (χ4n) is 2.28. The zero-order chi connectivity index (χ0) is 18.2. The molecule has 0 heterocycles. The molecule has 2 atom stereocenters. The first kappa shape index (κ1) is 22.9. The van der Waals surface area contributed by atoms with Gasteiger partial charge in [0.1, 0.15) is 13.2 Å². The van der Waals surface area contributed by atoms with Gasteiger partial charge in [-0.2, -0.15) is 9.78 Å². The third-order valence-electron chi connectivity index (χ3n) is 4.00. The Morgan fingerprint density at radius 3 is 1.38 bits per heavy atom. The lowest BCUT2D eigenvalue weighted by Gasteiger charge is -2.13. The average Bonchev–Trinajstić information content (AvgIpc) is 2.59. The van der Waals surface area contributed by atoms with Gasteiger partial charge in [-0.05, 0) is 25.7 Å². The van der Waals surface area contributed by atoms with Gasteiger partial charge in [-0.1, -0.05) is 53.4 Å². The van der Waals surface area contributed by atoms with Crippen LogP contribution < -0.4 is 0 Å². The summed E-state index contributed by atoms with van der Waals surface area (Å²) in [7, 11) is 0. The number of unbranched alkanes of at least 4 members (excludes halogenated alkanes) is 2. The molecule has 0 N–H and O–H groups in total. The Balaban J connectivity index is 3.78. The summed E-state index contributed by atoms with van der Waals surface area (Å²) < 4.78 is 0. The Hall–Kier alpha value is -1.14.